The minimum Gasteiger partial charge on any atom is -0.340 e. The molecule has 112 valence electrons. The van der Waals surface area contributed by atoms with Gasteiger partial charge in [0.25, 0.3) is 5.91 Å². The summed E-state index contributed by atoms with van der Waals surface area (Å²) < 4.78 is 0. The third-order valence-corrected chi connectivity index (χ3v) is 3.49. The summed E-state index contributed by atoms with van der Waals surface area (Å²) in [6, 6.07) is 7.46. The van der Waals surface area contributed by atoms with Crippen molar-refractivity contribution in [1.29, 1.82) is 0 Å². The first-order valence-corrected chi connectivity index (χ1v) is 6.73. The third kappa shape index (κ3) is 3.39. The molecule has 4 amide bonds. The summed E-state index contributed by atoms with van der Waals surface area (Å²) in [5, 5.41) is 0. The van der Waals surface area contributed by atoms with Gasteiger partial charge in [-0.05, 0) is 12.5 Å². The molecule has 6 nitrogen and oxygen atoms in total. The fraction of sp³-hybridized carbons (Fsp3) is 0.400. The highest BCUT2D eigenvalue weighted by Crippen LogP contribution is 2.10. The summed E-state index contributed by atoms with van der Waals surface area (Å²) in [6.45, 7) is 2.28. The van der Waals surface area contributed by atoms with Crippen molar-refractivity contribution in [3.8, 4) is 0 Å². The first kappa shape index (κ1) is 15.0. The highest BCUT2D eigenvalue weighted by atomic mass is 16.2. The van der Waals surface area contributed by atoms with Crippen molar-refractivity contribution in [2.45, 2.75) is 13.5 Å². The summed E-state index contributed by atoms with van der Waals surface area (Å²) in [7, 11) is 3.21. The Morgan fingerprint density at radius 1 is 1.24 bits per heavy atom. The Labute approximate surface area is 123 Å². The number of urea groups is 1. The van der Waals surface area contributed by atoms with Crippen molar-refractivity contribution in [3.63, 3.8) is 0 Å². The summed E-state index contributed by atoms with van der Waals surface area (Å²) in [6.07, 6.45) is 0. The molecule has 1 fully saturated rings. The van der Waals surface area contributed by atoms with E-state index in [1.165, 1.54) is 9.80 Å². The number of likely N-dealkylation sites (N-methyl/N-ethyl adjacent to an activating group) is 2. The van der Waals surface area contributed by atoms with Crippen molar-refractivity contribution < 1.29 is 14.4 Å². The lowest BCUT2D eigenvalue weighted by Crippen LogP contribution is -2.41. The van der Waals surface area contributed by atoms with Gasteiger partial charge in [0.2, 0.25) is 5.91 Å². The number of imide groups is 1. The summed E-state index contributed by atoms with van der Waals surface area (Å²) in [4.78, 5) is 39.3. The largest absolute Gasteiger partial charge is 0.340 e. The van der Waals surface area contributed by atoms with Crippen molar-refractivity contribution in [3.05, 3.63) is 35.4 Å². The maximum atomic E-state index is 12.1. The van der Waals surface area contributed by atoms with Crippen LogP contribution < -0.4 is 0 Å². The Morgan fingerprint density at radius 2 is 1.86 bits per heavy atom. The second kappa shape index (κ2) is 5.95. The molecule has 1 aromatic carbocycles. The van der Waals surface area contributed by atoms with E-state index in [0.29, 0.717) is 6.54 Å². The van der Waals surface area contributed by atoms with Gasteiger partial charge in [0.05, 0.1) is 0 Å². The van der Waals surface area contributed by atoms with E-state index in [-0.39, 0.29) is 24.9 Å². The van der Waals surface area contributed by atoms with Crippen LogP contribution in [0.4, 0.5) is 4.79 Å². The van der Waals surface area contributed by atoms with E-state index < -0.39 is 6.03 Å². The molecule has 0 atom stereocenters. The van der Waals surface area contributed by atoms with Gasteiger partial charge in [0, 0.05) is 20.6 Å². The number of amides is 4. The molecule has 0 aromatic heterocycles. The van der Waals surface area contributed by atoms with Gasteiger partial charge in [-0.2, -0.15) is 0 Å². The minimum atomic E-state index is -0.419. The third-order valence-electron chi connectivity index (χ3n) is 3.49. The van der Waals surface area contributed by atoms with Gasteiger partial charge in [-0.1, -0.05) is 29.8 Å². The van der Waals surface area contributed by atoms with Gasteiger partial charge in [-0.25, -0.2) is 4.79 Å². The molecule has 1 heterocycles. The number of aryl methyl sites for hydroxylation is 1. The fourth-order valence-corrected chi connectivity index (χ4v) is 2.14. The topological polar surface area (TPSA) is 60.9 Å². The number of nitrogens with zero attached hydrogens (tertiary/aromatic N) is 3. The van der Waals surface area contributed by atoms with Gasteiger partial charge in [0.1, 0.15) is 13.1 Å². The van der Waals surface area contributed by atoms with Crippen molar-refractivity contribution in [2.75, 3.05) is 27.2 Å². The lowest BCUT2D eigenvalue weighted by atomic mass is 10.1. The minimum absolute atomic E-state index is 0.0355. The Morgan fingerprint density at radius 3 is 2.38 bits per heavy atom. The normalized spacial score (nSPS) is 14.8. The van der Waals surface area contributed by atoms with Crippen molar-refractivity contribution in [1.82, 2.24) is 14.7 Å². The molecule has 2 rings (SSSR count). The van der Waals surface area contributed by atoms with E-state index in [9.17, 15) is 14.4 Å². The van der Waals surface area contributed by atoms with Crippen LogP contribution in [-0.2, 0) is 16.1 Å². The molecule has 0 spiro atoms. The highest BCUT2D eigenvalue weighted by molar-refractivity contribution is 6.04. The van der Waals surface area contributed by atoms with E-state index in [0.717, 1.165) is 16.0 Å². The van der Waals surface area contributed by atoms with Crippen LogP contribution >= 0.6 is 0 Å². The maximum Gasteiger partial charge on any atom is 0.327 e. The molecule has 1 aromatic rings. The Kier molecular flexibility index (Phi) is 4.26. The Balaban J connectivity index is 1.95. The molecule has 0 radical (unpaired) electrons. The van der Waals surface area contributed by atoms with Gasteiger partial charge < -0.3 is 9.80 Å². The van der Waals surface area contributed by atoms with E-state index in [4.69, 9.17) is 0 Å². The van der Waals surface area contributed by atoms with Crippen LogP contribution in [0.15, 0.2) is 24.3 Å². The van der Waals surface area contributed by atoms with Gasteiger partial charge in [-0.3, -0.25) is 14.5 Å². The molecule has 0 aliphatic carbocycles. The molecule has 1 aliphatic heterocycles. The molecular weight excluding hydrogens is 270 g/mol. The quantitative estimate of drug-likeness (QED) is 0.772. The number of carbonyl (C=O) groups is 3. The lowest BCUT2D eigenvalue weighted by Gasteiger charge is -2.20. The van der Waals surface area contributed by atoms with Crippen LogP contribution in [0, 0.1) is 6.92 Å². The van der Waals surface area contributed by atoms with Crippen LogP contribution in [-0.4, -0.2) is 59.7 Å². The van der Waals surface area contributed by atoms with Gasteiger partial charge in [0.15, 0.2) is 0 Å². The number of hydrogen-bond donors (Lipinski definition) is 0. The fourth-order valence-electron chi connectivity index (χ4n) is 2.14. The Hall–Kier alpha value is -2.37. The molecule has 1 saturated heterocycles. The van der Waals surface area contributed by atoms with E-state index in [1.54, 1.807) is 14.1 Å². The smallest absolute Gasteiger partial charge is 0.327 e. The summed E-state index contributed by atoms with van der Waals surface area (Å²) in [5.41, 5.74) is 2.16. The average Bonchev–Trinajstić information content (AvgIpc) is 2.68. The summed E-state index contributed by atoms with van der Waals surface area (Å²) in [5.74, 6) is -0.591. The highest BCUT2D eigenvalue weighted by Gasteiger charge is 2.35. The molecule has 0 saturated carbocycles. The van der Waals surface area contributed by atoms with Gasteiger partial charge in [-0.15, -0.1) is 0 Å². The number of benzene rings is 1. The molecule has 0 unspecified atom stereocenters. The zero-order chi connectivity index (χ0) is 15.6. The average molecular weight is 289 g/mol. The second-order valence-electron chi connectivity index (χ2n) is 5.35. The number of hydrogen-bond acceptors (Lipinski definition) is 3. The lowest BCUT2D eigenvalue weighted by molar-refractivity contribution is -0.136. The predicted octanol–water partition coefficient (Wildman–Crippen LogP) is 0.847. The van der Waals surface area contributed by atoms with Crippen LogP contribution in [0.2, 0.25) is 0 Å². The van der Waals surface area contributed by atoms with Crippen LogP contribution in [0.1, 0.15) is 11.1 Å². The predicted molar refractivity (Wildman–Crippen MR) is 77.4 cm³/mol. The SMILES string of the molecule is Cc1ccc(CN(C)C(=O)CN2C(=O)CN(C)C2=O)cc1. The van der Waals surface area contributed by atoms with Crippen LogP contribution in [0.5, 0.6) is 0 Å². The van der Waals surface area contributed by atoms with E-state index in [2.05, 4.69) is 0 Å². The first-order chi connectivity index (χ1) is 9.88. The second-order valence-corrected chi connectivity index (χ2v) is 5.35. The van der Waals surface area contributed by atoms with Gasteiger partial charge >= 0.3 is 6.03 Å². The maximum absolute atomic E-state index is 12.1. The molecule has 0 bridgehead atoms. The standard InChI is InChI=1S/C15H19N3O3/c1-11-4-6-12(7-5-11)8-16(2)13(19)10-18-14(20)9-17(3)15(18)21/h4-7H,8-10H2,1-3H3. The van der Waals surface area contributed by atoms with E-state index >= 15 is 0 Å². The molecule has 0 N–H and O–H groups in total. The van der Waals surface area contributed by atoms with E-state index in [1.807, 2.05) is 31.2 Å². The zero-order valence-corrected chi connectivity index (χ0v) is 12.5. The van der Waals surface area contributed by atoms with Crippen molar-refractivity contribution in [2.24, 2.45) is 0 Å². The molecule has 1 aliphatic rings. The zero-order valence-electron chi connectivity index (χ0n) is 12.5. The van der Waals surface area contributed by atoms with Crippen LogP contribution in [0.3, 0.4) is 0 Å². The van der Waals surface area contributed by atoms with Crippen LogP contribution in [0.25, 0.3) is 0 Å². The summed E-state index contributed by atoms with van der Waals surface area (Å²) >= 11 is 0. The molecular formula is C15H19N3O3. The Bertz CT molecular complexity index is 568. The van der Waals surface area contributed by atoms with Crippen molar-refractivity contribution >= 4 is 17.8 Å². The first-order valence-electron chi connectivity index (χ1n) is 6.73. The molecule has 21 heavy (non-hydrogen) atoms. The number of carbonyl (C=O) groups excluding carboxylic acids is 3. The molecule has 6 heteroatoms. The monoisotopic (exact) mass is 289 g/mol. The number of rotatable bonds is 4.